The minimum Gasteiger partial charge on any atom is -0.479 e. The van der Waals surface area contributed by atoms with Crippen LogP contribution in [0, 0.1) is 0 Å². The van der Waals surface area contributed by atoms with E-state index in [1.807, 2.05) is 30.3 Å². The van der Waals surface area contributed by atoms with E-state index < -0.39 is 18.2 Å². The van der Waals surface area contributed by atoms with Gasteiger partial charge in [-0.1, -0.05) is 43.2 Å². The lowest BCUT2D eigenvalue weighted by atomic mass is 10.1. The molecule has 1 amide bonds. The highest BCUT2D eigenvalue weighted by Crippen LogP contribution is 2.04. The van der Waals surface area contributed by atoms with Gasteiger partial charge in [0, 0.05) is 6.54 Å². The third-order valence-corrected chi connectivity index (χ3v) is 2.92. The number of ether oxygens (including phenoxy) is 1. The smallest absolute Gasteiger partial charge is 0.407 e. The van der Waals surface area contributed by atoms with Crippen LogP contribution in [0.3, 0.4) is 0 Å². The van der Waals surface area contributed by atoms with E-state index in [1.165, 1.54) is 0 Å². The Bertz CT molecular complexity index is 435. The molecule has 1 aromatic carbocycles. The van der Waals surface area contributed by atoms with Crippen LogP contribution in [-0.4, -0.2) is 34.9 Å². The Kier molecular flexibility index (Phi) is 7.89. The Morgan fingerprint density at radius 3 is 2.52 bits per heavy atom. The van der Waals surface area contributed by atoms with E-state index in [9.17, 15) is 9.59 Å². The molecule has 1 atom stereocenters. The Morgan fingerprint density at radius 2 is 1.86 bits per heavy atom. The molecule has 6 heteroatoms. The molecule has 0 unspecified atom stereocenters. The molecule has 0 heterocycles. The number of carboxylic acids is 1. The molecule has 6 nitrogen and oxygen atoms in total. The quantitative estimate of drug-likeness (QED) is 0.605. The molecule has 0 aromatic heterocycles. The largest absolute Gasteiger partial charge is 0.479 e. The van der Waals surface area contributed by atoms with Crippen molar-refractivity contribution in [3.8, 4) is 0 Å². The van der Waals surface area contributed by atoms with Gasteiger partial charge in [-0.15, -0.1) is 0 Å². The van der Waals surface area contributed by atoms with Crippen molar-refractivity contribution in [1.82, 2.24) is 5.32 Å². The number of benzene rings is 1. The predicted molar refractivity (Wildman–Crippen MR) is 76.7 cm³/mol. The van der Waals surface area contributed by atoms with Gasteiger partial charge in [-0.3, -0.25) is 0 Å². The van der Waals surface area contributed by atoms with Gasteiger partial charge in [-0.2, -0.15) is 0 Å². The van der Waals surface area contributed by atoms with E-state index in [4.69, 9.17) is 14.9 Å². The Hall–Kier alpha value is -2.08. The second-order valence-electron chi connectivity index (χ2n) is 4.69. The predicted octanol–water partition coefficient (Wildman–Crippen LogP) is 1.92. The molecule has 1 rings (SSSR count). The first kappa shape index (κ1) is 17.0. The van der Waals surface area contributed by atoms with Crippen LogP contribution in [0.4, 0.5) is 4.79 Å². The second-order valence-corrected chi connectivity index (χ2v) is 4.69. The number of rotatable bonds is 9. The maximum absolute atomic E-state index is 11.4. The average molecular weight is 295 g/mol. The number of carboxylic acid groups (broad SMARTS) is 1. The summed E-state index contributed by atoms with van der Waals surface area (Å²) < 4.78 is 5.04. The van der Waals surface area contributed by atoms with Crippen LogP contribution in [0.15, 0.2) is 30.3 Å². The zero-order valence-corrected chi connectivity index (χ0v) is 11.8. The molecule has 0 radical (unpaired) electrons. The van der Waals surface area contributed by atoms with E-state index in [1.54, 1.807) is 0 Å². The van der Waals surface area contributed by atoms with E-state index in [2.05, 4.69) is 5.32 Å². The van der Waals surface area contributed by atoms with Gasteiger partial charge in [-0.25, -0.2) is 9.59 Å². The average Bonchev–Trinajstić information content (AvgIpc) is 2.49. The fraction of sp³-hybridized carbons (Fsp3) is 0.467. The fourth-order valence-electron chi connectivity index (χ4n) is 1.73. The maximum Gasteiger partial charge on any atom is 0.407 e. The highest BCUT2D eigenvalue weighted by Gasteiger charge is 2.11. The summed E-state index contributed by atoms with van der Waals surface area (Å²) in [6, 6.07) is 9.40. The van der Waals surface area contributed by atoms with Gasteiger partial charge in [-0.05, 0) is 18.4 Å². The van der Waals surface area contributed by atoms with Gasteiger partial charge >= 0.3 is 12.1 Å². The maximum atomic E-state index is 11.4. The number of nitrogens with one attached hydrogen (secondary N) is 1. The van der Waals surface area contributed by atoms with Crippen molar-refractivity contribution in [3.05, 3.63) is 35.9 Å². The van der Waals surface area contributed by atoms with E-state index in [0.29, 0.717) is 19.4 Å². The molecule has 0 spiro atoms. The molecule has 0 aliphatic carbocycles. The van der Waals surface area contributed by atoms with Gasteiger partial charge in [0.05, 0.1) is 0 Å². The molecule has 0 saturated heterocycles. The van der Waals surface area contributed by atoms with E-state index in [0.717, 1.165) is 12.0 Å². The normalized spacial score (nSPS) is 11.7. The number of unbranched alkanes of at least 4 members (excludes halogenated alkanes) is 2. The third-order valence-electron chi connectivity index (χ3n) is 2.92. The first-order valence-electron chi connectivity index (χ1n) is 6.95. The number of carbonyl (C=O) groups is 2. The number of hydrogen-bond acceptors (Lipinski definition) is 4. The zero-order chi connectivity index (χ0) is 15.5. The van der Waals surface area contributed by atoms with Gasteiger partial charge in [0.25, 0.3) is 0 Å². The fourth-order valence-corrected chi connectivity index (χ4v) is 1.73. The van der Waals surface area contributed by atoms with Gasteiger partial charge in [0.15, 0.2) is 6.10 Å². The Balaban J connectivity index is 2.00. The number of amides is 1. The summed E-state index contributed by atoms with van der Waals surface area (Å²) in [4.78, 5) is 21.8. The van der Waals surface area contributed by atoms with Crippen molar-refractivity contribution in [2.24, 2.45) is 0 Å². The first-order valence-corrected chi connectivity index (χ1v) is 6.95. The standard InChI is InChI=1S/C15H21NO5/c17-13(14(18)19)9-5-2-6-10-16-15(20)21-11-12-7-3-1-4-8-12/h1,3-4,7-8,13,17H,2,5-6,9-11H2,(H,16,20)(H,18,19)/t13-/m1/s1. The third kappa shape index (κ3) is 7.94. The van der Waals surface area contributed by atoms with Crippen LogP contribution in [0.1, 0.15) is 31.2 Å². The van der Waals surface area contributed by atoms with Gasteiger partial charge in [0.1, 0.15) is 6.61 Å². The lowest BCUT2D eigenvalue weighted by Crippen LogP contribution is -2.25. The van der Waals surface area contributed by atoms with Crippen LogP contribution in [0.2, 0.25) is 0 Å². The molecule has 0 saturated carbocycles. The summed E-state index contributed by atoms with van der Waals surface area (Å²) >= 11 is 0. The summed E-state index contributed by atoms with van der Waals surface area (Å²) in [6.45, 7) is 0.703. The van der Waals surface area contributed by atoms with Crippen molar-refractivity contribution < 1.29 is 24.5 Å². The Labute approximate surface area is 123 Å². The molecule has 1 aromatic rings. The summed E-state index contributed by atoms with van der Waals surface area (Å²) in [5.41, 5.74) is 0.926. The number of aliphatic carboxylic acids is 1. The van der Waals surface area contributed by atoms with Gasteiger partial charge in [0.2, 0.25) is 0 Å². The molecular weight excluding hydrogens is 274 g/mol. The molecule has 0 aliphatic heterocycles. The number of alkyl carbamates (subject to hydrolysis) is 1. The topological polar surface area (TPSA) is 95.9 Å². The lowest BCUT2D eigenvalue weighted by molar-refractivity contribution is -0.146. The second kappa shape index (κ2) is 9.77. The summed E-state index contributed by atoms with van der Waals surface area (Å²) in [5.74, 6) is -1.20. The Morgan fingerprint density at radius 1 is 1.14 bits per heavy atom. The molecule has 0 fully saturated rings. The summed E-state index contributed by atoms with van der Waals surface area (Å²) in [6.07, 6.45) is 0.524. The van der Waals surface area contributed by atoms with Crippen molar-refractivity contribution >= 4 is 12.1 Å². The number of hydrogen-bond donors (Lipinski definition) is 3. The summed E-state index contributed by atoms with van der Waals surface area (Å²) in [5, 5.41) is 20.2. The zero-order valence-electron chi connectivity index (χ0n) is 11.8. The lowest BCUT2D eigenvalue weighted by Gasteiger charge is -2.07. The van der Waals surface area contributed by atoms with E-state index in [-0.39, 0.29) is 13.0 Å². The summed E-state index contributed by atoms with van der Waals surface area (Å²) in [7, 11) is 0. The molecule has 21 heavy (non-hydrogen) atoms. The number of carbonyl (C=O) groups excluding carboxylic acids is 1. The first-order chi connectivity index (χ1) is 10.1. The molecule has 116 valence electrons. The van der Waals surface area contributed by atoms with Crippen LogP contribution in [0.25, 0.3) is 0 Å². The SMILES string of the molecule is O=C(NCCCCC[C@@H](O)C(=O)O)OCc1ccccc1. The highest BCUT2D eigenvalue weighted by molar-refractivity contribution is 5.71. The van der Waals surface area contributed by atoms with Gasteiger partial charge < -0.3 is 20.3 Å². The molecular formula is C15H21NO5. The molecule has 0 aliphatic rings. The monoisotopic (exact) mass is 295 g/mol. The minimum atomic E-state index is -1.30. The van der Waals surface area contributed by atoms with Crippen LogP contribution in [-0.2, 0) is 16.1 Å². The molecule has 3 N–H and O–H groups in total. The highest BCUT2D eigenvalue weighted by atomic mass is 16.5. The number of aliphatic hydroxyl groups is 1. The van der Waals surface area contributed by atoms with Crippen LogP contribution >= 0.6 is 0 Å². The minimum absolute atomic E-state index is 0.230. The van der Waals surface area contributed by atoms with Crippen LogP contribution < -0.4 is 5.32 Å². The van der Waals surface area contributed by atoms with Crippen molar-refractivity contribution in [2.75, 3.05) is 6.54 Å². The van der Waals surface area contributed by atoms with Crippen molar-refractivity contribution in [1.29, 1.82) is 0 Å². The van der Waals surface area contributed by atoms with Crippen LogP contribution in [0.5, 0.6) is 0 Å². The molecule has 0 bridgehead atoms. The van der Waals surface area contributed by atoms with E-state index >= 15 is 0 Å². The number of aliphatic hydroxyl groups excluding tert-OH is 1. The van der Waals surface area contributed by atoms with Crippen molar-refractivity contribution in [2.45, 2.75) is 38.4 Å². The van der Waals surface area contributed by atoms with Crippen molar-refractivity contribution in [3.63, 3.8) is 0 Å².